The summed E-state index contributed by atoms with van der Waals surface area (Å²) in [4.78, 5) is 25.5. The number of halogens is 1. The van der Waals surface area contributed by atoms with Crippen molar-refractivity contribution in [3.05, 3.63) is 35.9 Å². The molecule has 162 valence electrons. The molecule has 8 unspecified atom stereocenters. The maximum atomic E-state index is 12.9. The van der Waals surface area contributed by atoms with Crippen LogP contribution in [0.5, 0.6) is 0 Å². The van der Waals surface area contributed by atoms with Crippen molar-refractivity contribution in [2.75, 3.05) is 0 Å². The van der Waals surface area contributed by atoms with Gasteiger partial charge in [-0.15, -0.1) is 0 Å². The van der Waals surface area contributed by atoms with E-state index in [9.17, 15) is 9.59 Å². The highest BCUT2D eigenvalue weighted by molar-refractivity contribution is 9.10. The summed E-state index contributed by atoms with van der Waals surface area (Å²) >= 11 is 3.68. The van der Waals surface area contributed by atoms with Crippen LogP contribution in [0.3, 0.4) is 0 Å². The maximum absolute atomic E-state index is 12.9. The van der Waals surface area contributed by atoms with Crippen molar-refractivity contribution in [3.8, 4) is 0 Å². The molecule has 4 heteroatoms. The Morgan fingerprint density at radius 2 is 1.77 bits per heavy atom. The first-order chi connectivity index (χ1) is 14.3. The number of benzene rings is 1. The van der Waals surface area contributed by atoms with Crippen LogP contribution in [-0.2, 0) is 9.53 Å². The lowest BCUT2D eigenvalue weighted by Crippen LogP contribution is -2.54. The van der Waals surface area contributed by atoms with Crippen LogP contribution in [0.1, 0.15) is 75.6 Å². The Morgan fingerprint density at radius 1 is 1.00 bits per heavy atom. The number of fused-ring (bicyclic) bond motifs is 5. The van der Waals surface area contributed by atoms with Gasteiger partial charge in [-0.1, -0.05) is 48.0 Å². The van der Waals surface area contributed by atoms with Gasteiger partial charge < -0.3 is 4.74 Å². The standard InChI is InChI=1S/C26H33BrO3/c1-25-12-10-18(30-24(29)16-6-4-3-5-7-16)14-17(25)8-9-19-20(25)11-13-26(2)21(19)15-22(27)23(26)28/h3-7,17-22H,8-15H2,1-2H3. The molecule has 3 nitrogen and oxygen atoms in total. The summed E-state index contributed by atoms with van der Waals surface area (Å²) in [6.45, 7) is 4.75. The van der Waals surface area contributed by atoms with Crippen molar-refractivity contribution in [3.63, 3.8) is 0 Å². The first-order valence-electron chi connectivity index (χ1n) is 11.8. The maximum Gasteiger partial charge on any atom is 0.338 e. The van der Waals surface area contributed by atoms with Crippen molar-refractivity contribution in [2.45, 2.75) is 76.1 Å². The van der Waals surface area contributed by atoms with Crippen molar-refractivity contribution in [1.29, 1.82) is 0 Å². The zero-order valence-corrected chi connectivity index (χ0v) is 19.7. The molecule has 0 aromatic heterocycles. The Bertz CT molecular complexity index is 838. The van der Waals surface area contributed by atoms with Crippen LogP contribution in [-0.4, -0.2) is 22.7 Å². The van der Waals surface area contributed by atoms with Crippen LogP contribution >= 0.6 is 15.9 Å². The van der Waals surface area contributed by atoms with Gasteiger partial charge in [0.05, 0.1) is 10.4 Å². The van der Waals surface area contributed by atoms with E-state index in [0.29, 0.717) is 40.4 Å². The van der Waals surface area contributed by atoms with Gasteiger partial charge in [0.2, 0.25) is 0 Å². The molecule has 4 fully saturated rings. The lowest BCUT2D eigenvalue weighted by Gasteiger charge is -2.60. The van der Waals surface area contributed by atoms with Crippen LogP contribution in [0.2, 0.25) is 0 Å². The number of ether oxygens (including phenoxy) is 1. The van der Waals surface area contributed by atoms with Crippen LogP contribution in [0.15, 0.2) is 30.3 Å². The Hall–Kier alpha value is -1.16. The molecule has 5 rings (SSSR count). The Balaban J connectivity index is 1.29. The predicted molar refractivity (Wildman–Crippen MR) is 120 cm³/mol. The fourth-order valence-corrected chi connectivity index (χ4v) is 8.79. The van der Waals surface area contributed by atoms with Gasteiger partial charge in [-0.05, 0) is 92.6 Å². The smallest absolute Gasteiger partial charge is 0.338 e. The third-order valence-electron chi connectivity index (χ3n) is 9.60. The molecule has 4 aliphatic carbocycles. The van der Waals surface area contributed by atoms with Crippen LogP contribution in [0.25, 0.3) is 0 Å². The molecule has 1 aromatic rings. The van der Waals surface area contributed by atoms with E-state index in [1.165, 1.54) is 19.3 Å². The first kappa shape index (κ1) is 20.7. The van der Waals surface area contributed by atoms with Crippen molar-refractivity contribution >= 4 is 27.7 Å². The molecule has 0 saturated heterocycles. The number of alkyl halides is 1. The number of hydrogen-bond donors (Lipinski definition) is 0. The van der Waals surface area contributed by atoms with Crippen molar-refractivity contribution in [2.24, 2.45) is 34.5 Å². The molecule has 0 bridgehead atoms. The Labute approximate surface area is 188 Å². The summed E-state index contributed by atoms with van der Waals surface area (Å²) in [6, 6.07) is 9.36. The van der Waals surface area contributed by atoms with Crippen molar-refractivity contribution < 1.29 is 14.3 Å². The SMILES string of the molecule is CC12CCC3C(CCC4CC(OC(=O)c5ccccc5)CCC43C)C1CC(Br)C2=O. The molecule has 0 spiro atoms. The normalized spacial score (nSPS) is 45.2. The van der Waals surface area contributed by atoms with Crippen LogP contribution in [0.4, 0.5) is 0 Å². The second-order valence-electron chi connectivity index (χ2n) is 10.8. The minimum atomic E-state index is -0.181. The molecule has 4 aliphatic rings. The van der Waals surface area contributed by atoms with Gasteiger partial charge in [-0.25, -0.2) is 4.79 Å². The van der Waals surface area contributed by atoms with Gasteiger partial charge in [-0.2, -0.15) is 0 Å². The van der Waals surface area contributed by atoms with Gasteiger partial charge in [0.25, 0.3) is 0 Å². The molecule has 8 atom stereocenters. The molecule has 4 saturated carbocycles. The fourth-order valence-electron chi connectivity index (χ4n) is 7.87. The van der Waals surface area contributed by atoms with Gasteiger partial charge in [-0.3, -0.25) is 4.79 Å². The van der Waals surface area contributed by atoms with Gasteiger partial charge >= 0.3 is 5.97 Å². The monoisotopic (exact) mass is 472 g/mol. The molecular weight excluding hydrogens is 440 g/mol. The van der Waals surface area contributed by atoms with Crippen molar-refractivity contribution in [1.82, 2.24) is 0 Å². The second-order valence-corrected chi connectivity index (χ2v) is 12.0. The van der Waals surface area contributed by atoms with E-state index in [4.69, 9.17) is 4.74 Å². The summed E-state index contributed by atoms with van der Waals surface area (Å²) in [5.41, 5.74) is 0.866. The molecule has 1 aromatic carbocycles. The summed E-state index contributed by atoms with van der Waals surface area (Å²) in [6.07, 6.45) is 8.86. The molecule has 0 radical (unpaired) electrons. The van der Waals surface area contributed by atoms with Gasteiger partial charge in [0.1, 0.15) is 6.10 Å². The minimum Gasteiger partial charge on any atom is -0.459 e. The van der Waals surface area contributed by atoms with Crippen LogP contribution in [0, 0.1) is 34.5 Å². The predicted octanol–water partition coefficient (Wildman–Crippen LogP) is 6.20. The van der Waals surface area contributed by atoms with E-state index in [0.717, 1.165) is 32.1 Å². The summed E-state index contributed by atoms with van der Waals surface area (Å²) in [7, 11) is 0. The quantitative estimate of drug-likeness (QED) is 0.380. The lowest BCUT2D eigenvalue weighted by molar-refractivity contribution is -0.142. The third kappa shape index (κ3) is 3.12. The third-order valence-corrected chi connectivity index (χ3v) is 10.4. The first-order valence-corrected chi connectivity index (χ1v) is 12.7. The van der Waals surface area contributed by atoms with Crippen LogP contribution < -0.4 is 0 Å². The topological polar surface area (TPSA) is 43.4 Å². The number of rotatable bonds is 2. The number of carbonyl (C=O) groups is 2. The number of hydrogen-bond acceptors (Lipinski definition) is 3. The fraction of sp³-hybridized carbons (Fsp3) is 0.692. The summed E-state index contributed by atoms with van der Waals surface area (Å²) in [5.74, 6) is 2.83. The Kier molecular flexibility index (Phi) is 5.16. The molecule has 30 heavy (non-hydrogen) atoms. The number of ketones is 1. The largest absolute Gasteiger partial charge is 0.459 e. The molecule has 0 aliphatic heterocycles. The van der Waals surface area contributed by atoms with E-state index in [-0.39, 0.29) is 22.3 Å². The number of Topliss-reactive ketones (excluding diaryl/α,β-unsaturated/α-hetero) is 1. The highest BCUT2D eigenvalue weighted by Crippen LogP contribution is 2.66. The lowest BCUT2D eigenvalue weighted by atomic mass is 9.45. The molecular formula is C26H33BrO3. The van der Waals surface area contributed by atoms with E-state index in [2.05, 4.69) is 29.8 Å². The average Bonchev–Trinajstić information content (AvgIpc) is 2.98. The Morgan fingerprint density at radius 3 is 2.53 bits per heavy atom. The average molecular weight is 473 g/mol. The molecule has 0 heterocycles. The van der Waals surface area contributed by atoms with Gasteiger partial charge in [0.15, 0.2) is 5.78 Å². The van der Waals surface area contributed by atoms with Gasteiger partial charge in [0, 0.05) is 5.41 Å². The zero-order chi connectivity index (χ0) is 21.1. The van der Waals surface area contributed by atoms with E-state index < -0.39 is 0 Å². The van der Waals surface area contributed by atoms with E-state index in [1.807, 2.05) is 30.3 Å². The molecule has 0 amide bonds. The van der Waals surface area contributed by atoms with E-state index in [1.54, 1.807) is 0 Å². The molecule has 0 N–H and O–H groups in total. The second kappa shape index (κ2) is 7.46. The zero-order valence-electron chi connectivity index (χ0n) is 18.1. The minimum absolute atomic E-state index is 0.0427. The summed E-state index contributed by atoms with van der Waals surface area (Å²) in [5, 5.41) is 0. The summed E-state index contributed by atoms with van der Waals surface area (Å²) < 4.78 is 5.93. The number of carbonyl (C=O) groups excluding carboxylic acids is 2. The van der Waals surface area contributed by atoms with E-state index >= 15 is 0 Å². The number of esters is 1. The highest BCUT2D eigenvalue weighted by Gasteiger charge is 2.62. The highest BCUT2D eigenvalue weighted by atomic mass is 79.9.